The van der Waals surface area contributed by atoms with Gasteiger partial charge < -0.3 is 9.47 Å². The third kappa shape index (κ3) is 4.62. The number of rotatable bonds is 7. The van der Waals surface area contributed by atoms with Gasteiger partial charge in [0.15, 0.2) is 5.79 Å². The maximum absolute atomic E-state index is 6.48. The highest BCUT2D eigenvalue weighted by Gasteiger charge is 2.55. The topological polar surface area (TPSA) is 30.9 Å². The van der Waals surface area contributed by atoms with E-state index in [1.165, 1.54) is 5.56 Å². The third-order valence-corrected chi connectivity index (χ3v) is 4.85. The van der Waals surface area contributed by atoms with Crippen LogP contribution in [0.15, 0.2) is 30.3 Å². The maximum atomic E-state index is 6.48. The van der Waals surface area contributed by atoms with Crippen molar-refractivity contribution in [2.24, 2.45) is 0 Å². The van der Waals surface area contributed by atoms with Crippen molar-refractivity contribution in [2.75, 3.05) is 13.2 Å². The second-order valence-corrected chi connectivity index (χ2v) is 8.21. The number of piperidine rings is 1. The van der Waals surface area contributed by atoms with Crippen LogP contribution in [0, 0.1) is 0 Å². The summed E-state index contributed by atoms with van der Waals surface area (Å²) in [5, 5.41) is 2.16. The molecule has 4 nitrogen and oxygen atoms in total. The number of nitrogens with zero attached hydrogens (tertiary/aromatic N) is 1. The molecule has 0 aromatic heterocycles. The summed E-state index contributed by atoms with van der Waals surface area (Å²) in [5.41, 5.74) is 0.755. The Balaban J connectivity index is 2.25. The fourth-order valence-corrected chi connectivity index (χ4v) is 4.34. The Hall–Kier alpha value is -0.940. The molecule has 2 rings (SSSR count). The standard InChI is InChI=1S/C21H35NO3/c1-8-23-21(24-9-2)15-19(4,5)22(20(6,7)16-21)25-17(3)18-13-11-10-12-14-18/h10-14,17H,8-9,15-16H2,1-7H3. The van der Waals surface area contributed by atoms with E-state index in [0.29, 0.717) is 13.2 Å². The molecule has 1 aliphatic heterocycles. The predicted molar refractivity (Wildman–Crippen MR) is 101 cm³/mol. The van der Waals surface area contributed by atoms with E-state index in [9.17, 15) is 0 Å². The lowest BCUT2D eigenvalue weighted by Crippen LogP contribution is -2.66. The molecule has 1 saturated heterocycles. The van der Waals surface area contributed by atoms with Gasteiger partial charge in [0, 0.05) is 37.1 Å². The zero-order valence-electron chi connectivity index (χ0n) is 17.0. The van der Waals surface area contributed by atoms with Crippen LogP contribution in [0.2, 0.25) is 0 Å². The van der Waals surface area contributed by atoms with Gasteiger partial charge in [-0.1, -0.05) is 30.3 Å². The van der Waals surface area contributed by atoms with Gasteiger partial charge in [-0.25, -0.2) is 0 Å². The molecule has 0 saturated carbocycles. The van der Waals surface area contributed by atoms with Gasteiger partial charge in [0.25, 0.3) is 0 Å². The van der Waals surface area contributed by atoms with E-state index >= 15 is 0 Å². The van der Waals surface area contributed by atoms with Crippen molar-refractivity contribution in [3.63, 3.8) is 0 Å². The summed E-state index contributed by atoms with van der Waals surface area (Å²) in [5.74, 6) is -0.549. The number of hydrogen-bond acceptors (Lipinski definition) is 4. The van der Waals surface area contributed by atoms with Crippen LogP contribution >= 0.6 is 0 Å². The predicted octanol–water partition coefficient (Wildman–Crippen LogP) is 5.10. The first-order valence-electron chi connectivity index (χ1n) is 9.46. The van der Waals surface area contributed by atoms with Gasteiger partial charge in [-0.15, -0.1) is 0 Å². The molecule has 1 atom stereocenters. The highest BCUT2D eigenvalue weighted by atomic mass is 16.7. The van der Waals surface area contributed by atoms with Crippen LogP contribution in [-0.2, 0) is 14.3 Å². The molecule has 25 heavy (non-hydrogen) atoms. The Kier molecular flexibility index (Phi) is 6.31. The van der Waals surface area contributed by atoms with Crippen LogP contribution in [0.4, 0.5) is 0 Å². The highest BCUT2D eigenvalue weighted by Crippen LogP contribution is 2.47. The fraction of sp³-hybridized carbons (Fsp3) is 0.714. The largest absolute Gasteiger partial charge is 0.350 e. The maximum Gasteiger partial charge on any atom is 0.171 e. The first kappa shape index (κ1) is 20.4. The fourth-order valence-electron chi connectivity index (χ4n) is 4.34. The molecule has 0 N–H and O–H groups in total. The molecule has 0 amide bonds. The summed E-state index contributed by atoms with van der Waals surface area (Å²) in [6.07, 6.45) is 1.53. The van der Waals surface area contributed by atoms with Gasteiger partial charge in [0.05, 0.1) is 0 Å². The molecular weight excluding hydrogens is 314 g/mol. The molecule has 142 valence electrons. The van der Waals surface area contributed by atoms with Gasteiger partial charge in [-0.05, 0) is 54.0 Å². The first-order valence-corrected chi connectivity index (χ1v) is 9.46. The van der Waals surface area contributed by atoms with Crippen molar-refractivity contribution in [1.82, 2.24) is 5.06 Å². The van der Waals surface area contributed by atoms with Crippen molar-refractivity contribution in [2.45, 2.75) is 84.3 Å². The summed E-state index contributed by atoms with van der Waals surface area (Å²) in [6, 6.07) is 10.4. The Morgan fingerprint density at radius 1 is 0.920 bits per heavy atom. The molecule has 4 heteroatoms. The lowest BCUT2D eigenvalue weighted by molar-refractivity contribution is -0.366. The molecule has 1 fully saturated rings. The van der Waals surface area contributed by atoms with Gasteiger partial charge >= 0.3 is 0 Å². The molecule has 0 radical (unpaired) electrons. The van der Waals surface area contributed by atoms with Crippen molar-refractivity contribution in [1.29, 1.82) is 0 Å². The van der Waals surface area contributed by atoms with Crippen molar-refractivity contribution in [3.8, 4) is 0 Å². The van der Waals surface area contributed by atoms with Crippen LogP contribution in [0.1, 0.15) is 73.0 Å². The number of benzene rings is 1. The van der Waals surface area contributed by atoms with E-state index in [2.05, 4.69) is 63.9 Å². The van der Waals surface area contributed by atoms with E-state index in [1.54, 1.807) is 0 Å². The summed E-state index contributed by atoms with van der Waals surface area (Å²) in [4.78, 5) is 6.48. The van der Waals surface area contributed by atoms with Crippen molar-refractivity contribution < 1.29 is 14.3 Å². The minimum absolute atomic E-state index is 0.00793. The van der Waals surface area contributed by atoms with Crippen LogP contribution in [0.5, 0.6) is 0 Å². The monoisotopic (exact) mass is 349 g/mol. The van der Waals surface area contributed by atoms with E-state index in [1.807, 2.05) is 19.9 Å². The lowest BCUT2D eigenvalue weighted by Gasteiger charge is -2.57. The Morgan fingerprint density at radius 2 is 1.40 bits per heavy atom. The smallest absolute Gasteiger partial charge is 0.171 e. The van der Waals surface area contributed by atoms with Crippen LogP contribution in [-0.4, -0.2) is 35.1 Å². The zero-order valence-corrected chi connectivity index (χ0v) is 17.0. The van der Waals surface area contributed by atoms with Crippen LogP contribution < -0.4 is 0 Å². The molecule has 1 heterocycles. The second-order valence-electron chi connectivity index (χ2n) is 8.21. The Bertz CT molecular complexity index is 515. The quantitative estimate of drug-likeness (QED) is 0.641. The summed E-state index contributed by atoms with van der Waals surface area (Å²) in [7, 11) is 0. The second kappa shape index (κ2) is 7.75. The number of ether oxygens (including phenoxy) is 2. The van der Waals surface area contributed by atoms with E-state index in [-0.39, 0.29) is 17.2 Å². The summed E-state index contributed by atoms with van der Waals surface area (Å²) < 4.78 is 12.2. The van der Waals surface area contributed by atoms with Crippen LogP contribution in [0.25, 0.3) is 0 Å². The van der Waals surface area contributed by atoms with Crippen molar-refractivity contribution in [3.05, 3.63) is 35.9 Å². The number of hydroxylamine groups is 2. The molecule has 1 unspecified atom stereocenters. The molecule has 1 aromatic carbocycles. The van der Waals surface area contributed by atoms with Gasteiger partial charge in [0.2, 0.25) is 0 Å². The minimum Gasteiger partial charge on any atom is -0.350 e. The SMILES string of the molecule is CCOC1(OCC)CC(C)(C)N(OC(C)c2ccccc2)C(C)(C)C1. The summed E-state index contributed by atoms with van der Waals surface area (Å²) in [6.45, 7) is 16.3. The average molecular weight is 350 g/mol. The Morgan fingerprint density at radius 3 is 1.84 bits per heavy atom. The van der Waals surface area contributed by atoms with Crippen LogP contribution in [0.3, 0.4) is 0 Å². The molecular formula is C21H35NO3. The first-order chi connectivity index (χ1) is 11.7. The molecule has 0 aliphatic carbocycles. The molecule has 1 aromatic rings. The summed E-state index contributed by atoms with van der Waals surface area (Å²) >= 11 is 0. The average Bonchev–Trinajstić information content (AvgIpc) is 2.51. The number of hydrogen-bond donors (Lipinski definition) is 0. The molecule has 0 spiro atoms. The molecule has 1 aliphatic rings. The lowest BCUT2D eigenvalue weighted by atomic mass is 9.77. The van der Waals surface area contributed by atoms with E-state index < -0.39 is 5.79 Å². The highest BCUT2D eigenvalue weighted by molar-refractivity contribution is 5.17. The zero-order chi connectivity index (χ0) is 18.7. The van der Waals surface area contributed by atoms with Gasteiger partial charge in [-0.3, -0.25) is 4.84 Å². The molecule has 0 bridgehead atoms. The van der Waals surface area contributed by atoms with Gasteiger partial charge in [0.1, 0.15) is 6.10 Å². The third-order valence-electron chi connectivity index (χ3n) is 4.85. The van der Waals surface area contributed by atoms with E-state index in [4.69, 9.17) is 14.3 Å². The van der Waals surface area contributed by atoms with Crippen molar-refractivity contribution >= 4 is 0 Å². The normalized spacial score (nSPS) is 23.3. The minimum atomic E-state index is -0.549. The van der Waals surface area contributed by atoms with E-state index in [0.717, 1.165) is 12.8 Å². The van der Waals surface area contributed by atoms with Gasteiger partial charge in [-0.2, -0.15) is 5.06 Å². The Labute approximate surface area is 153 Å².